The molecular weight excluding hydrogens is 1010 g/mol. The molecule has 0 aromatic rings. The Morgan fingerprint density at radius 2 is 0.637 bits per heavy atom. The second kappa shape index (κ2) is 62.0. The first kappa shape index (κ1) is 78.5. The van der Waals surface area contributed by atoms with Gasteiger partial charge in [0.2, 0.25) is 0 Å². The van der Waals surface area contributed by atoms with Crippen LogP contribution >= 0.6 is 7.82 Å². The number of esters is 2. The van der Waals surface area contributed by atoms with Gasteiger partial charge in [-0.2, -0.15) is 0 Å². The highest BCUT2D eigenvalue weighted by atomic mass is 31.2. The summed E-state index contributed by atoms with van der Waals surface area (Å²) in [6.07, 6.45) is 77.1. The van der Waals surface area contributed by atoms with Crippen molar-refractivity contribution in [3.8, 4) is 0 Å². The Hall–Kier alpha value is -1.51. The van der Waals surface area contributed by atoms with Crippen LogP contribution in [0.25, 0.3) is 0 Å². The van der Waals surface area contributed by atoms with Crippen LogP contribution < -0.4 is 0 Å². The number of hydrogen-bond donors (Lipinski definition) is 1. The van der Waals surface area contributed by atoms with E-state index in [-0.39, 0.29) is 25.6 Å². The molecule has 2 unspecified atom stereocenters. The van der Waals surface area contributed by atoms with Gasteiger partial charge in [0.05, 0.1) is 27.7 Å². The summed E-state index contributed by atoms with van der Waals surface area (Å²) < 4.78 is 34.7. The van der Waals surface area contributed by atoms with Gasteiger partial charge in [-0.05, 0) is 64.2 Å². The number of phosphoric ester groups is 1. The van der Waals surface area contributed by atoms with Crippen LogP contribution in [0.2, 0.25) is 0 Å². The van der Waals surface area contributed by atoms with Crippen molar-refractivity contribution in [2.75, 3.05) is 47.5 Å². The van der Waals surface area contributed by atoms with Crippen LogP contribution in [0.4, 0.5) is 0 Å². The topological polar surface area (TPSA) is 108 Å². The molecule has 2 atom stereocenters. The number of likely N-dealkylation sites (N-methyl/N-ethyl adjacent to an activating group) is 1. The second-order valence-electron chi connectivity index (χ2n) is 25.3. The molecule has 0 heterocycles. The van der Waals surface area contributed by atoms with Gasteiger partial charge in [0, 0.05) is 12.8 Å². The molecule has 0 fully saturated rings. The van der Waals surface area contributed by atoms with Gasteiger partial charge < -0.3 is 18.9 Å². The predicted octanol–water partition coefficient (Wildman–Crippen LogP) is 22.5. The SMILES string of the molecule is CCCCCCCCCC/C=C\CCCCCCCCCCCCCCCCCCCC(=O)OC(COC(=O)CCCCCCCCCCCCCCCCC/C=C\CCCCCCCCCC)COP(=O)(O)OCC[N+](C)(C)C. The van der Waals surface area contributed by atoms with Crippen LogP contribution in [-0.4, -0.2) is 74.9 Å². The maximum Gasteiger partial charge on any atom is 0.472 e. The fourth-order valence-electron chi connectivity index (χ4n) is 10.5. The number of unbranched alkanes of at least 4 members (excludes halogenated alkanes) is 48. The minimum Gasteiger partial charge on any atom is -0.462 e. The lowest BCUT2D eigenvalue weighted by molar-refractivity contribution is -0.870. The molecule has 0 saturated heterocycles. The van der Waals surface area contributed by atoms with E-state index in [0.717, 1.165) is 32.1 Å². The lowest BCUT2D eigenvalue weighted by atomic mass is 10.0. The second-order valence-corrected chi connectivity index (χ2v) is 26.7. The molecule has 0 saturated carbocycles. The predicted molar refractivity (Wildman–Crippen MR) is 344 cm³/mol. The van der Waals surface area contributed by atoms with Crippen LogP contribution in [0.5, 0.6) is 0 Å². The molecule has 0 amide bonds. The van der Waals surface area contributed by atoms with Crippen molar-refractivity contribution < 1.29 is 42.1 Å². The highest BCUT2D eigenvalue weighted by Crippen LogP contribution is 2.43. The van der Waals surface area contributed by atoms with Crippen molar-refractivity contribution >= 4 is 19.8 Å². The molecule has 0 aliphatic heterocycles. The summed E-state index contributed by atoms with van der Waals surface area (Å²) in [7, 11) is 1.50. The summed E-state index contributed by atoms with van der Waals surface area (Å²) in [5.74, 6) is -0.775. The molecule has 0 aliphatic carbocycles. The van der Waals surface area contributed by atoms with Crippen molar-refractivity contribution in [1.29, 1.82) is 0 Å². The molecule has 0 bridgehead atoms. The molecule has 0 aliphatic rings. The Morgan fingerprint density at radius 3 is 0.925 bits per heavy atom. The number of nitrogens with zero attached hydrogens (tertiary/aromatic N) is 1. The maximum atomic E-state index is 12.9. The van der Waals surface area contributed by atoms with Gasteiger partial charge in [-0.1, -0.05) is 308 Å². The zero-order valence-electron chi connectivity index (χ0n) is 54.1. The molecule has 0 rings (SSSR count). The third-order valence-corrected chi connectivity index (χ3v) is 16.9. The van der Waals surface area contributed by atoms with E-state index in [4.69, 9.17) is 18.5 Å². The summed E-state index contributed by atoms with van der Waals surface area (Å²) in [5.41, 5.74) is 0. The Labute approximate surface area is 498 Å². The van der Waals surface area contributed by atoms with Crippen molar-refractivity contribution in [2.45, 2.75) is 367 Å². The zero-order chi connectivity index (χ0) is 58.4. The van der Waals surface area contributed by atoms with Gasteiger partial charge >= 0.3 is 19.8 Å². The third-order valence-electron chi connectivity index (χ3n) is 16.0. The third kappa shape index (κ3) is 65.6. The van der Waals surface area contributed by atoms with E-state index < -0.39 is 26.5 Å². The minimum absolute atomic E-state index is 0.0352. The van der Waals surface area contributed by atoms with Crippen molar-refractivity contribution in [3.05, 3.63) is 24.3 Å². The van der Waals surface area contributed by atoms with Crippen LogP contribution in [0, 0.1) is 0 Å². The first-order chi connectivity index (χ1) is 39.0. The Balaban J connectivity index is 4.00. The van der Waals surface area contributed by atoms with E-state index in [1.54, 1.807) is 0 Å². The number of ether oxygens (including phenoxy) is 2. The largest absolute Gasteiger partial charge is 0.472 e. The van der Waals surface area contributed by atoms with Crippen molar-refractivity contribution in [1.82, 2.24) is 0 Å². The summed E-state index contributed by atoms with van der Waals surface area (Å²) in [4.78, 5) is 35.9. The Kier molecular flexibility index (Phi) is 60.9. The van der Waals surface area contributed by atoms with Gasteiger partial charge in [-0.3, -0.25) is 18.6 Å². The molecule has 0 radical (unpaired) electrons. The van der Waals surface area contributed by atoms with E-state index in [2.05, 4.69) is 38.2 Å². The number of phosphoric acid groups is 1. The molecule has 0 spiro atoms. The number of hydrogen-bond acceptors (Lipinski definition) is 7. The molecule has 0 aromatic carbocycles. The van der Waals surface area contributed by atoms with Crippen LogP contribution in [0.3, 0.4) is 0 Å². The summed E-state index contributed by atoms with van der Waals surface area (Å²) in [6.45, 7) is 4.51. The van der Waals surface area contributed by atoms with Gasteiger partial charge in [0.15, 0.2) is 6.10 Å². The van der Waals surface area contributed by atoms with E-state index in [9.17, 15) is 19.0 Å². The summed E-state index contributed by atoms with van der Waals surface area (Å²) in [6, 6.07) is 0. The maximum absolute atomic E-state index is 12.9. The fourth-order valence-corrected chi connectivity index (χ4v) is 11.3. The highest BCUT2D eigenvalue weighted by Gasteiger charge is 2.27. The van der Waals surface area contributed by atoms with Gasteiger partial charge in [0.1, 0.15) is 19.8 Å². The first-order valence-electron chi connectivity index (χ1n) is 35.1. The van der Waals surface area contributed by atoms with E-state index in [0.29, 0.717) is 23.9 Å². The Bertz CT molecular complexity index is 1400. The van der Waals surface area contributed by atoms with E-state index in [1.807, 2.05) is 21.1 Å². The molecule has 474 valence electrons. The summed E-state index contributed by atoms with van der Waals surface area (Å²) >= 11 is 0. The quantitative estimate of drug-likeness (QED) is 0.0211. The highest BCUT2D eigenvalue weighted by molar-refractivity contribution is 7.47. The van der Waals surface area contributed by atoms with E-state index >= 15 is 0 Å². The monoisotopic (exact) mass is 1150 g/mol. The number of quaternary nitrogens is 1. The van der Waals surface area contributed by atoms with Crippen molar-refractivity contribution in [2.24, 2.45) is 0 Å². The molecule has 80 heavy (non-hydrogen) atoms. The van der Waals surface area contributed by atoms with Gasteiger partial charge in [-0.25, -0.2) is 4.57 Å². The number of rotatable bonds is 66. The van der Waals surface area contributed by atoms with E-state index in [1.165, 1.54) is 295 Å². The fraction of sp³-hybridized carbons (Fsp3) is 0.914. The average molecular weight is 1150 g/mol. The number of allylic oxidation sites excluding steroid dienone is 4. The molecule has 9 nitrogen and oxygen atoms in total. The normalized spacial score (nSPS) is 13.2. The van der Waals surface area contributed by atoms with Crippen LogP contribution in [0.1, 0.15) is 361 Å². The van der Waals surface area contributed by atoms with Gasteiger partial charge in [-0.15, -0.1) is 0 Å². The van der Waals surface area contributed by atoms with Crippen LogP contribution in [-0.2, 0) is 32.7 Å². The lowest BCUT2D eigenvalue weighted by Crippen LogP contribution is -2.37. The standard InChI is InChI=1S/C70H136NO8P/c1-6-8-10-12-14-16-18-20-22-24-26-28-30-32-34-35-37-39-41-43-45-47-49-51-53-55-57-59-61-63-70(73)79-68(67-78-80(74,75)77-65-64-71(3,4)5)66-76-69(72)62-60-58-56-54-52-50-48-46-44-42-40-38-36-33-31-29-27-25-23-21-19-17-15-13-11-9-7-2/h24-27,68H,6-23,28-67H2,1-5H3/p+1/b26-24-,27-25-. The van der Waals surface area contributed by atoms with Gasteiger partial charge in [0.25, 0.3) is 0 Å². The Morgan fingerprint density at radius 1 is 0.375 bits per heavy atom. The summed E-state index contributed by atoms with van der Waals surface area (Å²) in [5, 5.41) is 0. The molecule has 10 heteroatoms. The van der Waals surface area contributed by atoms with Crippen molar-refractivity contribution in [3.63, 3.8) is 0 Å². The number of carbonyl (C=O) groups is 2. The average Bonchev–Trinajstić information content (AvgIpc) is 3.42. The molecule has 0 aromatic heterocycles. The minimum atomic E-state index is -4.39. The zero-order valence-corrected chi connectivity index (χ0v) is 55.0. The van der Waals surface area contributed by atoms with Crippen LogP contribution in [0.15, 0.2) is 24.3 Å². The molecular formula is C70H137NO8P+. The smallest absolute Gasteiger partial charge is 0.462 e. The molecule has 1 N–H and O–H groups in total. The lowest BCUT2D eigenvalue weighted by Gasteiger charge is -2.24. The first-order valence-corrected chi connectivity index (χ1v) is 36.6. The number of carbonyl (C=O) groups excluding carboxylic acids is 2.